The van der Waals surface area contributed by atoms with Crippen molar-refractivity contribution in [1.29, 1.82) is 0 Å². The maximum absolute atomic E-state index is 12.6. The molecule has 0 atom stereocenters. The highest BCUT2D eigenvalue weighted by Crippen LogP contribution is 2.44. The summed E-state index contributed by atoms with van der Waals surface area (Å²) in [6.07, 6.45) is 5.43. The van der Waals surface area contributed by atoms with Gasteiger partial charge in [-0.15, -0.1) is 10.2 Å². The summed E-state index contributed by atoms with van der Waals surface area (Å²) in [6.45, 7) is 28.9. The van der Waals surface area contributed by atoms with E-state index in [-0.39, 0.29) is 46.4 Å². The third-order valence-electron chi connectivity index (χ3n) is 12.8. The molecule has 3 aliphatic rings. The van der Waals surface area contributed by atoms with Crippen LogP contribution in [0.5, 0.6) is 23.0 Å². The Balaban J connectivity index is 1.45. The second kappa shape index (κ2) is 17.3. The number of aromatic hydroxyl groups is 2. The smallest absolute Gasteiger partial charge is 0.134 e. The molecule has 0 unspecified atom stereocenters. The van der Waals surface area contributed by atoms with Crippen molar-refractivity contribution in [2.45, 2.75) is 157 Å². The first kappa shape index (κ1) is 45.9. The van der Waals surface area contributed by atoms with Crippen LogP contribution in [-0.4, -0.2) is 53.4 Å². The van der Waals surface area contributed by atoms with Gasteiger partial charge >= 0.3 is 0 Å². The van der Waals surface area contributed by atoms with Crippen LogP contribution in [0.4, 0.5) is 0 Å². The minimum atomic E-state index is -0.218. The molecule has 65 heavy (non-hydrogen) atoms. The minimum absolute atomic E-state index is 0.177. The molecule has 0 saturated heterocycles. The number of ether oxygens (including phenoxy) is 3. The Hall–Kier alpha value is -5.68. The normalized spacial score (nSPS) is 15.4. The van der Waals surface area contributed by atoms with Crippen LogP contribution < -0.4 is 9.47 Å². The van der Waals surface area contributed by atoms with Crippen LogP contribution in [0.2, 0.25) is 0 Å². The molecule has 0 saturated carbocycles. The minimum Gasteiger partial charge on any atom is -0.507 e. The number of rotatable bonds is 0. The van der Waals surface area contributed by atoms with Gasteiger partial charge < -0.3 is 24.4 Å². The van der Waals surface area contributed by atoms with Gasteiger partial charge in [0.05, 0.1) is 38.7 Å². The fourth-order valence-electron chi connectivity index (χ4n) is 8.76. The molecule has 0 radical (unpaired) electrons. The van der Waals surface area contributed by atoms with E-state index in [0.29, 0.717) is 74.9 Å². The van der Waals surface area contributed by atoms with Crippen LogP contribution in [0.25, 0.3) is 0 Å². The van der Waals surface area contributed by atoms with Crippen LogP contribution in [0.3, 0.4) is 0 Å². The van der Waals surface area contributed by atoms with Gasteiger partial charge in [0.2, 0.25) is 0 Å². The summed E-state index contributed by atoms with van der Waals surface area (Å²) in [5, 5.41) is 43.1. The molecule has 2 aromatic heterocycles. The molecule has 4 heterocycles. The van der Waals surface area contributed by atoms with E-state index in [0.717, 1.165) is 66.8 Å². The summed E-state index contributed by atoms with van der Waals surface area (Å²) in [7, 11) is 0. The highest BCUT2D eigenvalue weighted by Gasteiger charge is 2.29. The van der Waals surface area contributed by atoms with E-state index in [4.69, 9.17) is 14.2 Å². The summed E-state index contributed by atoms with van der Waals surface area (Å²) in [6, 6.07) is 17.6. The molecule has 11 nitrogen and oxygen atoms in total. The molecule has 0 amide bonds. The van der Waals surface area contributed by atoms with Crippen LogP contribution >= 0.6 is 0 Å². The monoisotopic (exact) mass is 881 g/mol. The van der Waals surface area contributed by atoms with Gasteiger partial charge in [0.25, 0.3) is 0 Å². The number of phenols is 2. The van der Waals surface area contributed by atoms with Crippen molar-refractivity contribution in [2.75, 3.05) is 13.2 Å². The number of hydrogen-bond acceptors (Lipinski definition) is 9. The summed E-state index contributed by atoms with van der Waals surface area (Å²) in [5.74, 6) is 1.94. The lowest BCUT2D eigenvalue weighted by Gasteiger charge is -2.28. The van der Waals surface area contributed by atoms with Gasteiger partial charge in [0.15, 0.2) is 0 Å². The molecular weight excluding hydrogens is 813 g/mol. The number of nitrogens with zero attached hydrogens (tertiary/aromatic N) is 6. The second-order valence-electron chi connectivity index (χ2n) is 22.4. The standard InChI is InChI=1S/C54H68N6O5/c1-51(2,3)41-21-33-17-37-25-43(53(7,8)9)27-39-19-35-23-42(52(4,5)6)24-36(48(35)62)20-40-28-44(54(10,11)12)26-38(18-34(22-41)47(33)61)50(40)65-32-46-30-60(58-56-46)14-16-63-15-13-59-29-45(55-57-59)31-64-49(37)39/h21-30,61-62H,13-20,31-32H2,1-12H3. The molecule has 2 N–H and O–H groups in total. The van der Waals surface area contributed by atoms with E-state index >= 15 is 0 Å². The first-order valence-electron chi connectivity index (χ1n) is 23.1. The van der Waals surface area contributed by atoms with Crippen molar-refractivity contribution in [2.24, 2.45) is 0 Å². The molecule has 4 aromatic carbocycles. The van der Waals surface area contributed by atoms with Gasteiger partial charge in [0, 0.05) is 25.7 Å². The summed E-state index contributed by atoms with van der Waals surface area (Å²) >= 11 is 0. The number of hydrogen-bond donors (Lipinski definition) is 2. The van der Waals surface area contributed by atoms with Gasteiger partial charge in [-0.3, -0.25) is 0 Å². The van der Waals surface area contributed by atoms with Gasteiger partial charge in [-0.25, -0.2) is 9.36 Å². The molecule has 6 aromatic rings. The fraction of sp³-hybridized carbons (Fsp3) is 0.481. The summed E-state index contributed by atoms with van der Waals surface area (Å²) in [4.78, 5) is 0. The van der Waals surface area contributed by atoms with E-state index in [2.05, 4.69) is 152 Å². The van der Waals surface area contributed by atoms with Gasteiger partial charge in [-0.05, 0) is 88.4 Å². The number of aromatic nitrogens is 6. The van der Waals surface area contributed by atoms with Crippen LogP contribution in [-0.2, 0) is 78.4 Å². The van der Waals surface area contributed by atoms with Gasteiger partial charge in [-0.1, -0.05) is 142 Å². The average Bonchev–Trinajstić information content (AvgIpc) is 3.86. The quantitative estimate of drug-likeness (QED) is 0.153. The Morgan fingerprint density at radius 2 is 0.708 bits per heavy atom. The van der Waals surface area contributed by atoms with Crippen molar-refractivity contribution in [3.63, 3.8) is 0 Å². The Labute approximate surface area is 385 Å². The zero-order valence-electron chi connectivity index (χ0n) is 40.6. The van der Waals surface area contributed by atoms with E-state index in [1.54, 1.807) is 9.36 Å². The summed E-state index contributed by atoms with van der Waals surface area (Å²) < 4.78 is 23.5. The molecule has 2 aliphatic heterocycles. The zero-order chi connectivity index (χ0) is 46.6. The van der Waals surface area contributed by atoms with Crippen LogP contribution in [0, 0.1) is 0 Å². The first-order chi connectivity index (χ1) is 30.5. The Kier molecular flexibility index (Phi) is 12.2. The second-order valence-corrected chi connectivity index (χ2v) is 22.4. The van der Waals surface area contributed by atoms with Crippen molar-refractivity contribution in [1.82, 2.24) is 30.0 Å². The molecule has 14 bridgehead atoms. The van der Waals surface area contributed by atoms with Crippen LogP contribution in [0.15, 0.2) is 60.9 Å². The summed E-state index contributed by atoms with van der Waals surface area (Å²) in [5.41, 5.74) is 12.1. The molecule has 0 spiro atoms. The molecule has 0 fully saturated rings. The molecular formula is C54H68N6O5. The zero-order valence-corrected chi connectivity index (χ0v) is 40.6. The Bertz CT molecular complexity index is 2440. The lowest BCUT2D eigenvalue weighted by atomic mass is 9.79. The van der Waals surface area contributed by atoms with Crippen molar-refractivity contribution in [3.05, 3.63) is 139 Å². The average molecular weight is 881 g/mol. The van der Waals surface area contributed by atoms with Crippen molar-refractivity contribution >= 4 is 0 Å². The highest BCUT2D eigenvalue weighted by molar-refractivity contribution is 5.59. The van der Waals surface area contributed by atoms with Gasteiger partial charge in [-0.2, -0.15) is 0 Å². The number of benzene rings is 4. The molecule has 344 valence electrons. The Morgan fingerprint density at radius 1 is 0.431 bits per heavy atom. The third kappa shape index (κ3) is 10.3. The third-order valence-corrected chi connectivity index (χ3v) is 12.8. The highest BCUT2D eigenvalue weighted by atomic mass is 16.5. The number of fused-ring (bicyclic) bond motifs is 6. The molecule has 1 aliphatic carbocycles. The first-order valence-corrected chi connectivity index (χ1v) is 23.1. The predicted octanol–water partition coefficient (Wildman–Crippen LogP) is 10.3. The van der Waals surface area contributed by atoms with E-state index < -0.39 is 0 Å². The number of phenolic OH excluding ortho intramolecular Hbond substituents is 2. The van der Waals surface area contributed by atoms with E-state index in [1.807, 2.05) is 12.4 Å². The molecule has 9 rings (SSSR count). The van der Waals surface area contributed by atoms with E-state index in [1.165, 1.54) is 0 Å². The van der Waals surface area contributed by atoms with Crippen LogP contribution in [0.1, 0.15) is 161 Å². The largest absolute Gasteiger partial charge is 0.507 e. The maximum atomic E-state index is 12.6. The topological polar surface area (TPSA) is 130 Å². The Morgan fingerprint density at radius 3 is 0.985 bits per heavy atom. The lowest BCUT2D eigenvalue weighted by Crippen LogP contribution is -2.16. The molecule has 11 heteroatoms. The van der Waals surface area contributed by atoms with Crippen molar-refractivity contribution in [3.8, 4) is 23.0 Å². The lowest BCUT2D eigenvalue weighted by molar-refractivity contribution is 0.113. The maximum Gasteiger partial charge on any atom is 0.134 e. The van der Waals surface area contributed by atoms with Gasteiger partial charge in [0.1, 0.15) is 47.6 Å². The van der Waals surface area contributed by atoms with Crippen molar-refractivity contribution < 1.29 is 24.4 Å². The fourth-order valence-corrected chi connectivity index (χ4v) is 8.76. The SMILES string of the molecule is CC(C)(C)c1cc2c(O)c(c1)Cc1cc(C(C)(C)C)cc3c1OCc1cn(nn1)CCOCCn1cc(nn1)COc1c(cc(C(C)(C)C)cc1Cc1cc(C(C)(C)C)cc(c1O)C3)C2. The predicted molar refractivity (Wildman–Crippen MR) is 255 cm³/mol. The van der Waals surface area contributed by atoms with E-state index in [9.17, 15) is 10.2 Å².